The van der Waals surface area contributed by atoms with E-state index < -0.39 is 0 Å². The lowest BCUT2D eigenvalue weighted by Crippen LogP contribution is -2.46. The van der Waals surface area contributed by atoms with E-state index in [0.29, 0.717) is 12.6 Å². The summed E-state index contributed by atoms with van der Waals surface area (Å²) in [5, 5.41) is 0. The number of nitrogens with two attached hydrogens (primary N) is 1. The summed E-state index contributed by atoms with van der Waals surface area (Å²) in [5.74, 6) is 0. The molecule has 1 heterocycles. The van der Waals surface area contributed by atoms with E-state index in [-0.39, 0.29) is 18.5 Å². The predicted octanol–water partition coefficient (Wildman–Crippen LogP) is 2.22. The number of halogens is 1. The minimum atomic E-state index is 0. The zero-order valence-corrected chi connectivity index (χ0v) is 11.7. The zero-order valence-electron chi connectivity index (χ0n) is 10.9. The summed E-state index contributed by atoms with van der Waals surface area (Å²) < 4.78 is 5.62. The van der Waals surface area contributed by atoms with Crippen LogP contribution in [0.3, 0.4) is 0 Å². The van der Waals surface area contributed by atoms with Gasteiger partial charge in [-0.3, -0.25) is 4.90 Å². The fourth-order valence-corrected chi connectivity index (χ4v) is 2.55. The first kappa shape index (κ1) is 15.4. The molecular formula is C14H23ClN2O. The monoisotopic (exact) mass is 270 g/mol. The Morgan fingerprint density at radius 1 is 1.39 bits per heavy atom. The fourth-order valence-electron chi connectivity index (χ4n) is 2.55. The molecule has 2 unspecified atom stereocenters. The fraction of sp³-hybridized carbons (Fsp3) is 0.571. The number of nitrogens with zero attached hydrogens (tertiary/aromatic N) is 1. The molecule has 18 heavy (non-hydrogen) atoms. The topological polar surface area (TPSA) is 38.5 Å². The largest absolute Gasteiger partial charge is 0.374 e. The van der Waals surface area contributed by atoms with Crippen molar-refractivity contribution in [2.24, 2.45) is 5.73 Å². The second-order valence-electron chi connectivity index (χ2n) is 4.56. The molecule has 1 aromatic carbocycles. The molecule has 4 heteroatoms. The van der Waals surface area contributed by atoms with Crippen LogP contribution in [-0.2, 0) is 4.74 Å². The predicted molar refractivity (Wildman–Crippen MR) is 77.1 cm³/mol. The van der Waals surface area contributed by atoms with Crippen molar-refractivity contribution in [3.8, 4) is 0 Å². The minimum Gasteiger partial charge on any atom is -0.374 e. The molecule has 1 aliphatic heterocycles. The van der Waals surface area contributed by atoms with Crippen LogP contribution in [-0.4, -0.2) is 37.2 Å². The second-order valence-corrected chi connectivity index (χ2v) is 4.56. The van der Waals surface area contributed by atoms with E-state index >= 15 is 0 Å². The Kier molecular flexibility index (Phi) is 6.65. The number of hydrogen-bond acceptors (Lipinski definition) is 3. The van der Waals surface area contributed by atoms with Crippen molar-refractivity contribution in [1.29, 1.82) is 0 Å². The third kappa shape index (κ3) is 3.69. The average molecular weight is 271 g/mol. The normalized spacial score (nSPS) is 22.2. The minimum absolute atomic E-state index is 0. The highest BCUT2D eigenvalue weighted by atomic mass is 35.5. The summed E-state index contributed by atoms with van der Waals surface area (Å²) in [7, 11) is 0. The van der Waals surface area contributed by atoms with E-state index in [1.807, 2.05) is 0 Å². The first-order chi connectivity index (χ1) is 8.35. The Balaban J connectivity index is 0.00000162. The number of hydrogen-bond donors (Lipinski definition) is 1. The quantitative estimate of drug-likeness (QED) is 0.912. The standard InChI is InChI=1S/C14H22N2O.ClH/c1-2-14(12-6-4-3-5-7-12)16-8-9-17-13(10-15)11-16;/h3-7,13-14H,2,8-11,15H2,1H3;1H. The van der Waals surface area contributed by atoms with Gasteiger partial charge in [-0.05, 0) is 12.0 Å². The maximum atomic E-state index is 5.69. The van der Waals surface area contributed by atoms with Crippen molar-refractivity contribution >= 4 is 12.4 Å². The lowest BCUT2D eigenvalue weighted by molar-refractivity contribution is -0.0396. The molecule has 1 aromatic rings. The molecule has 1 fully saturated rings. The summed E-state index contributed by atoms with van der Waals surface area (Å²) >= 11 is 0. The molecule has 102 valence electrons. The summed E-state index contributed by atoms with van der Waals surface area (Å²) in [6, 6.07) is 11.2. The van der Waals surface area contributed by atoms with E-state index in [1.54, 1.807) is 0 Å². The lowest BCUT2D eigenvalue weighted by atomic mass is 10.0. The van der Waals surface area contributed by atoms with Crippen molar-refractivity contribution in [3.63, 3.8) is 0 Å². The van der Waals surface area contributed by atoms with E-state index in [2.05, 4.69) is 42.2 Å². The van der Waals surface area contributed by atoms with E-state index in [1.165, 1.54) is 5.56 Å². The number of ether oxygens (including phenoxy) is 1. The van der Waals surface area contributed by atoms with E-state index in [0.717, 1.165) is 26.1 Å². The van der Waals surface area contributed by atoms with Gasteiger partial charge in [0.2, 0.25) is 0 Å². The van der Waals surface area contributed by atoms with Crippen LogP contribution < -0.4 is 5.73 Å². The Morgan fingerprint density at radius 2 is 2.11 bits per heavy atom. The van der Waals surface area contributed by atoms with Gasteiger partial charge in [0.15, 0.2) is 0 Å². The van der Waals surface area contributed by atoms with Crippen molar-refractivity contribution < 1.29 is 4.74 Å². The molecule has 0 saturated carbocycles. The first-order valence-electron chi connectivity index (χ1n) is 6.45. The third-order valence-electron chi connectivity index (χ3n) is 3.44. The number of rotatable bonds is 4. The Labute approximate surface area is 116 Å². The van der Waals surface area contributed by atoms with Gasteiger partial charge in [-0.2, -0.15) is 0 Å². The van der Waals surface area contributed by atoms with Crippen molar-refractivity contribution in [1.82, 2.24) is 4.90 Å². The van der Waals surface area contributed by atoms with Gasteiger partial charge in [0.1, 0.15) is 0 Å². The van der Waals surface area contributed by atoms with Gasteiger partial charge in [0.05, 0.1) is 12.7 Å². The molecular weight excluding hydrogens is 248 g/mol. The van der Waals surface area contributed by atoms with Gasteiger partial charge in [-0.15, -0.1) is 12.4 Å². The SMILES string of the molecule is CCC(c1ccccc1)N1CCOC(CN)C1.Cl. The maximum Gasteiger partial charge on any atom is 0.0824 e. The van der Waals surface area contributed by atoms with Crippen molar-refractivity contribution in [2.45, 2.75) is 25.5 Å². The molecule has 2 rings (SSSR count). The molecule has 0 amide bonds. The van der Waals surface area contributed by atoms with E-state index in [9.17, 15) is 0 Å². The summed E-state index contributed by atoms with van der Waals surface area (Å²) in [5.41, 5.74) is 7.09. The molecule has 0 aromatic heterocycles. The van der Waals surface area contributed by atoms with Gasteiger partial charge in [0, 0.05) is 25.7 Å². The molecule has 1 saturated heterocycles. The lowest BCUT2D eigenvalue weighted by Gasteiger charge is -2.37. The molecule has 2 N–H and O–H groups in total. The number of benzene rings is 1. The van der Waals surface area contributed by atoms with E-state index in [4.69, 9.17) is 10.5 Å². The van der Waals surface area contributed by atoms with Crippen LogP contribution in [0.15, 0.2) is 30.3 Å². The molecule has 0 radical (unpaired) electrons. The molecule has 3 nitrogen and oxygen atoms in total. The highest BCUT2D eigenvalue weighted by molar-refractivity contribution is 5.85. The molecule has 0 bridgehead atoms. The highest BCUT2D eigenvalue weighted by Crippen LogP contribution is 2.25. The van der Waals surface area contributed by atoms with Crippen molar-refractivity contribution in [2.75, 3.05) is 26.2 Å². The van der Waals surface area contributed by atoms with Crippen LogP contribution in [0.5, 0.6) is 0 Å². The van der Waals surface area contributed by atoms with Gasteiger partial charge in [-0.25, -0.2) is 0 Å². The van der Waals surface area contributed by atoms with Gasteiger partial charge in [0.25, 0.3) is 0 Å². The summed E-state index contributed by atoms with van der Waals surface area (Å²) in [4.78, 5) is 2.50. The Morgan fingerprint density at radius 3 is 2.72 bits per heavy atom. The van der Waals surface area contributed by atoms with Crippen molar-refractivity contribution in [3.05, 3.63) is 35.9 Å². The average Bonchev–Trinajstić information content (AvgIpc) is 2.41. The first-order valence-corrected chi connectivity index (χ1v) is 6.45. The molecule has 0 aliphatic carbocycles. The molecule has 0 spiro atoms. The second kappa shape index (κ2) is 7.74. The van der Waals surface area contributed by atoms with Crippen LogP contribution in [0, 0.1) is 0 Å². The Hall–Kier alpha value is -0.610. The molecule has 1 aliphatic rings. The van der Waals surface area contributed by atoms with Gasteiger partial charge >= 0.3 is 0 Å². The van der Waals surface area contributed by atoms with Gasteiger partial charge < -0.3 is 10.5 Å². The van der Waals surface area contributed by atoms with Crippen LogP contribution in [0.1, 0.15) is 24.9 Å². The summed E-state index contributed by atoms with van der Waals surface area (Å²) in [6.07, 6.45) is 1.32. The third-order valence-corrected chi connectivity index (χ3v) is 3.44. The van der Waals surface area contributed by atoms with Crippen LogP contribution in [0.2, 0.25) is 0 Å². The number of morpholine rings is 1. The Bertz CT molecular complexity index is 334. The van der Waals surface area contributed by atoms with Crippen LogP contribution in [0.4, 0.5) is 0 Å². The molecule has 2 atom stereocenters. The summed E-state index contributed by atoms with van der Waals surface area (Å²) in [6.45, 7) is 5.60. The zero-order chi connectivity index (χ0) is 12.1. The smallest absolute Gasteiger partial charge is 0.0824 e. The maximum absolute atomic E-state index is 5.69. The van der Waals surface area contributed by atoms with Crippen LogP contribution in [0.25, 0.3) is 0 Å². The van der Waals surface area contributed by atoms with Gasteiger partial charge in [-0.1, -0.05) is 37.3 Å². The van der Waals surface area contributed by atoms with Crippen LogP contribution >= 0.6 is 12.4 Å². The highest BCUT2D eigenvalue weighted by Gasteiger charge is 2.25.